The molecule has 1 aliphatic carbocycles. The Morgan fingerprint density at radius 1 is 0.481 bits per heavy atom. The van der Waals surface area contributed by atoms with E-state index in [9.17, 15) is 38.0 Å². The fourth-order valence-corrected chi connectivity index (χ4v) is 13.9. The normalized spacial score (nSPS) is 11.4. The van der Waals surface area contributed by atoms with Crippen molar-refractivity contribution in [2.24, 2.45) is 7.05 Å². The van der Waals surface area contributed by atoms with Crippen molar-refractivity contribution >= 4 is 98.0 Å². The zero-order chi connectivity index (χ0) is 91.8. The molecule has 664 valence electrons. The SMILES string of the molecule is CCNC(=O)Nc1nc2c(-c3cc(OC)ccn3)cc(-c3cc(C)n(Cc4ccccn4)c(=O)c3)cc2[nH]1.CCNC(=O)Nc1nc2c(-c3cc(OC)ccn3)cc(-c3ccn(C)c(=O)c3)cc2[nH]1.CCNC(=O)Nc1nc2c(-c3ncccc3F)cc(-c3cnc(OC)nc3)cc2[nH]1.CCOC(=O)Nc1nc2c(-c3ccccn3)cc(-n3cnc(C(=O)NC4CC4)c3)cc2[nH]1. The molecule has 131 heavy (non-hydrogen) atoms. The second-order valence-corrected chi connectivity index (χ2v) is 29.4. The van der Waals surface area contributed by atoms with Gasteiger partial charge in [0.05, 0.1) is 90.4 Å². The van der Waals surface area contributed by atoms with Gasteiger partial charge < -0.3 is 73.9 Å². The standard InChI is InChI=1S/C28H27N7O3.C22H21N7O3.C22H22N6O3.C20H18FN7O2/c1-4-29-28(37)34-27-32-24-13-19(12-22(26(24)33-27)23-15-21(38-3)8-10-31-23)18-11-17(2)35(25(36)14-18)16-20-7-5-6-9-30-20;1-2-32-22(31)28-21-26-17-10-14(9-15(19(17)27-21)16-5-3-4-8-23-16)29-11-18(24-12-29)20(30)25-13-6-7-13;1-4-23-22(30)27-21-25-18-10-14(13-6-8-28(2)19(29)11-13)9-16(20(18)26-21)17-12-15(31-3)5-7-24-17;1-3-22-19(29)28-18-26-15-8-11(12-9-24-20(30-2)25-10-12)7-13(17(15)27-18)16-14(21)5-4-6-23-16/h5-15H,4,16H2,1-3H3,(H3,29,32,33,34,37);3-5,8-13H,2,6-7H2,1H3,(H,25,30)(H2,26,27,28,31);5-12H,4H2,1-3H3,(H3,23,25,26,27,30);4-10H,3H2,1-2H3,(H3,22,26,27,28,29). The Kier molecular flexibility index (Phi) is 27.2. The Hall–Kier alpha value is -17.4. The summed E-state index contributed by atoms with van der Waals surface area (Å²) in [5, 5.41) is 21.6. The number of benzene rings is 4. The molecule has 13 heterocycles. The summed E-state index contributed by atoms with van der Waals surface area (Å²) in [6.07, 6.45) is 17.9. The zero-order valence-electron chi connectivity index (χ0n) is 72.2. The van der Waals surface area contributed by atoms with Crippen LogP contribution in [0.5, 0.6) is 17.5 Å². The average Bonchev–Trinajstić information content (AvgIpc) is 1.68. The van der Waals surface area contributed by atoms with E-state index >= 15 is 0 Å². The minimum Gasteiger partial charge on any atom is -0.497 e. The predicted molar refractivity (Wildman–Crippen MR) is 493 cm³/mol. The lowest BCUT2D eigenvalue weighted by atomic mass is 9.99. The molecule has 0 aliphatic heterocycles. The number of rotatable bonds is 23. The molecular weight excluding hydrogens is 1680 g/mol. The number of carbonyl (C=O) groups excluding carboxylic acids is 5. The zero-order valence-corrected chi connectivity index (χ0v) is 72.2. The quantitative estimate of drug-likeness (QED) is 0.0283. The molecule has 0 spiro atoms. The number of ether oxygens (including phenoxy) is 4. The van der Waals surface area contributed by atoms with Crippen molar-refractivity contribution in [1.82, 2.24) is 115 Å². The van der Waals surface area contributed by atoms with Gasteiger partial charge in [-0.15, -0.1) is 0 Å². The number of nitrogens with zero attached hydrogens (tertiary/aromatic N) is 15. The summed E-state index contributed by atoms with van der Waals surface area (Å²) >= 11 is 0. The first kappa shape index (κ1) is 88.4. The molecule has 38 nitrogen and oxygen atoms in total. The third-order valence-corrected chi connectivity index (χ3v) is 20.3. The Balaban J connectivity index is 0.000000134. The third kappa shape index (κ3) is 21.2. The number of nitrogens with one attached hydrogen (secondary N) is 12. The highest BCUT2D eigenvalue weighted by atomic mass is 19.1. The highest BCUT2D eigenvalue weighted by Crippen LogP contribution is 2.39. The molecule has 17 aromatic rings. The van der Waals surface area contributed by atoms with E-state index in [0.29, 0.717) is 122 Å². The first-order valence-electron chi connectivity index (χ1n) is 41.4. The topological polar surface area (TPSA) is 485 Å². The first-order chi connectivity index (χ1) is 63.6. The van der Waals surface area contributed by atoms with Crippen LogP contribution in [0.1, 0.15) is 62.4 Å². The van der Waals surface area contributed by atoms with Crippen LogP contribution in [0.3, 0.4) is 0 Å². The molecule has 0 atom stereocenters. The number of aryl methyl sites for hydroxylation is 2. The van der Waals surface area contributed by atoms with Gasteiger partial charge in [-0.3, -0.25) is 60.6 Å². The number of anilines is 4. The summed E-state index contributed by atoms with van der Waals surface area (Å²) in [7, 11) is 6.37. The number of aromatic amines is 4. The van der Waals surface area contributed by atoms with Gasteiger partial charge in [0.1, 0.15) is 46.1 Å². The number of urea groups is 3. The van der Waals surface area contributed by atoms with E-state index < -0.39 is 17.9 Å². The van der Waals surface area contributed by atoms with Gasteiger partial charge in [-0.2, -0.15) is 0 Å². The van der Waals surface area contributed by atoms with Crippen LogP contribution >= 0.6 is 0 Å². The number of aromatic nitrogens is 19. The van der Waals surface area contributed by atoms with Crippen molar-refractivity contribution in [2.75, 3.05) is 68.8 Å². The Morgan fingerprint density at radius 3 is 1.50 bits per heavy atom. The van der Waals surface area contributed by atoms with E-state index in [0.717, 1.165) is 80.1 Å². The summed E-state index contributed by atoms with van der Waals surface area (Å²) in [5.74, 6) is 1.76. The second kappa shape index (κ2) is 40.3. The first-order valence-corrected chi connectivity index (χ1v) is 41.4. The maximum Gasteiger partial charge on any atom is 0.413 e. The number of amides is 8. The van der Waals surface area contributed by atoms with Crippen molar-refractivity contribution in [3.05, 3.63) is 251 Å². The van der Waals surface area contributed by atoms with Crippen LogP contribution in [0.15, 0.2) is 217 Å². The Labute approximate surface area is 745 Å². The van der Waals surface area contributed by atoms with Gasteiger partial charge in [-0.1, -0.05) is 12.1 Å². The molecule has 39 heteroatoms. The van der Waals surface area contributed by atoms with Gasteiger partial charge in [0.15, 0.2) is 0 Å². The fraction of sp³-hybridized carbons (Fsp3) is 0.185. The number of fused-ring (bicyclic) bond motifs is 4. The van der Waals surface area contributed by atoms with E-state index in [4.69, 9.17) is 18.9 Å². The lowest BCUT2D eigenvalue weighted by molar-refractivity contribution is 0.0946. The molecule has 18 rings (SSSR count). The van der Waals surface area contributed by atoms with Gasteiger partial charge >= 0.3 is 30.2 Å². The number of H-pyrrole nitrogens is 4. The van der Waals surface area contributed by atoms with E-state index in [-0.39, 0.29) is 65.3 Å². The molecule has 13 aromatic heterocycles. The van der Waals surface area contributed by atoms with Gasteiger partial charge in [0.25, 0.3) is 17.0 Å². The van der Waals surface area contributed by atoms with Gasteiger partial charge in [-0.25, -0.2) is 58.5 Å². The molecule has 0 unspecified atom stereocenters. The predicted octanol–water partition coefficient (Wildman–Crippen LogP) is 14.1. The largest absolute Gasteiger partial charge is 0.497 e. The molecule has 1 fully saturated rings. The second-order valence-electron chi connectivity index (χ2n) is 29.4. The van der Waals surface area contributed by atoms with Crippen molar-refractivity contribution in [3.63, 3.8) is 0 Å². The highest BCUT2D eigenvalue weighted by molar-refractivity contribution is 6.02. The number of carbonyl (C=O) groups is 5. The van der Waals surface area contributed by atoms with Crippen LogP contribution in [0, 0.1) is 12.7 Å². The summed E-state index contributed by atoms with van der Waals surface area (Å²) in [6, 6.07) is 42.7. The van der Waals surface area contributed by atoms with Crippen LogP contribution in [0.2, 0.25) is 0 Å². The van der Waals surface area contributed by atoms with E-state index in [1.165, 1.54) is 30.0 Å². The van der Waals surface area contributed by atoms with E-state index in [2.05, 4.69) is 122 Å². The summed E-state index contributed by atoms with van der Waals surface area (Å²) in [4.78, 5) is 150. The number of hydrogen-bond acceptors (Lipinski definition) is 23. The van der Waals surface area contributed by atoms with Crippen LogP contribution < -0.4 is 67.9 Å². The van der Waals surface area contributed by atoms with Gasteiger partial charge in [0, 0.05) is 152 Å². The summed E-state index contributed by atoms with van der Waals surface area (Å²) in [6.45, 7) is 11.2. The van der Waals surface area contributed by atoms with Gasteiger partial charge in [0.2, 0.25) is 23.8 Å². The van der Waals surface area contributed by atoms with Gasteiger partial charge in [-0.05, 0) is 184 Å². The molecular formula is C92H88FN27O11. The summed E-state index contributed by atoms with van der Waals surface area (Å²) < 4.78 is 40.2. The summed E-state index contributed by atoms with van der Waals surface area (Å²) in [5.41, 5.74) is 17.0. The monoisotopic (exact) mass is 1770 g/mol. The van der Waals surface area contributed by atoms with Crippen LogP contribution in [-0.2, 0) is 18.3 Å². The lowest BCUT2D eigenvalue weighted by Crippen LogP contribution is -2.28. The number of imidazole rings is 5. The fourth-order valence-electron chi connectivity index (χ4n) is 13.9. The molecule has 4 aromatic carbocycles. The van der Waals surface area contributed by atoms with Crippen molar-refractivity contribution < 1.29 is 47.3 Å². The molecule has 0 bridgehead atoms. The molecule has 0 radical (unpaired) electrons. The molecule has 1 aliphatic rings. The molecule has 12 N–H and O–H groups in total. The third-order valence-electron chi connectivity index (χ3n) is 20.3. The number of pyridine rings is 7. The minimum atomic E-state index is -0.591. The van der Waals surface area contributed by atoms with Crippen LogP contribution in [-0.4, -0.2) is 177 Å². The maximum atomic E-state index is 14.5. The van der Waals surface area contributed by atoms with Crippen molar-refractivity contribution in [3.8, 4) is 102 Å². The number of hydrogen-bond donors (Lipinski definition) is 12. The smallest absolute Gasteiger partial charge is 0.413 e. The molecule has 8 amide bonds. The Bertz CT molecular complexity index is 7190. The van der Waals surface area contributed by atoms with Crippen LogP contribution in [0.4, 0.5) is 47.4 Å². The molecule has 0 saturated heterocycles. The number of methoxy groups -OCH3 is 3. The minimum absolute atomic E-state index is 0.109. The Morgan fingerprint density at radius 2 is 0.985 bits per heavy atom. The van der Waals surface area contributed by atoms with Crippen molar-refractivity contribution in [2.45, 2.75) is 60.0 Å². The van der Waals surface area contributed by atoms with Crippen LogP contribution in [0.25, 0.3) is 128 Å². The van der Waals surface area contributed by atoms with E-state index in [1.807, 2.05) is 131 Å². The van der Waals surface area contributed by atoms with E-state index in [1.54, 1.807) is 124 Å². The maximum absolute atomic E-state index is 14.5. The average molecular weight is 1770 g/mol. The number of halogens is 1. The van der Waals surface area contributed by atoms with Crippen molar-refractivity contribution in [1.29, 1.82) is 0 Å². The lowest BCUT2D eigenvalue weighted by Gasteiger charge is -2.13. The highest BCUT2D eigenvalue weighted by Gasteiger charge is 2.27. The molecule has 1 saturated carbocycles.